The number of pyridine rings is 1. The van der Waals surface area contributed by atoms with Gasteiger partial charge in [0.05, 0.1) is 5.69 Å². The van der Waals surface area contributed by atoms with Crippen LogP contribution < -0.4 is 0 Å². The van der Waals surface area contributed by atoms with E-state index in [0.29, 0.717) is 17.0 Å². The molecule has 3 rings (SSSR count). The average molecular weight is 307 g/mol. The van der Waals surface area contributed by atoms with Crippen LogP contribution in [0.15, 0.2) is 16.7 Å². The molecule has 6 nitrogen and oxygen atoms in total. The van der Waals surface area contributed by atoms with Crippen molar-refractivity contribution in [2.45, 2.75) is 25.7 Å². The Morgan fingerprint density at radius 1 is 1.38 bits per heavy atom. The number of hydrogen-bond donors (Lipinski definition) is 1. The molecule has 2 heterocycles. The van der Waals surface area contributed by atoms with E-state index in [9.17, 15) is 14.7 Å². The van der Waals surface area contributed by atoms with E-state index in [-0.39, 0.29) is 22.3 Å². The molecule has 0 spiro atoms. The molecule has 0 bridgehead atoms. The Labute approximate surface area is 124 Å². The molecule has 0 aliphatic heterocycles. The lowest BCUT2D eigenvalue weighted by molar-refractivity contribution is 0.0682. The molecule has 0 unspecified atom stereocenters. The van der Waals surface area contributed by atoms with Crippen molar-refractivity contribution in [1.82, 2.24) is 10.1 Å². The monoisotopic (exact) mass is 306 g/mol. The van der Waals surface area contributed by atoms with Crippen LogP contribution in [-0.2, 0) is 0 Å². The summed E-state index contributed by atoms with van der Waals surface area (Å²) in [5.74, 6) is -1.30. The van der Waals surface area contributed by atoms with E-state index in [1.54, 1.807) is 6.92 Å². The molecule has 0 radical (unpaired) electrons. The van der Waals surface area contributed by atoms with Crippen molar-refractivity contribution in [1.29, 1.82) is 0 Å². The third kappa shape index (κ3) is 2.42. The minimum Gasteiger partial charge on any atom is -0.476 e. The highest BCUT2D eigenvalue weighted by Gasteiger charge is 2.37. The Balaban J connectivity index is 2.12. The van der Waals surface area contributed by atoms with Crippen LogP contribution >= 0.6 is 11.6 Å². The molecule has 0 saturated heterocycles. The van der Waals surface area contributed by atoms with Crippen LogP contribution in [0, 0.1) is 6.92 Å². The van der Waals surface area contributed by atoms with Gasteiger partial charge in [0.15, 0.2) is 5.76 Å². The van der Waals surface area contributed by atoms with E-state index in [1.807, 2.05) is 0 Å². The summed E-state index contributed by atoms with van der Waals surface area (Å²) in [6, 6.07) is 3.02. The van der Waals surface area contributed by atoms with Crippen molar-refractivity contribution in [3.05, 3.63) is 45.6 Å². The molecule has 1 saturated carbocycles. The zero-order valence-corrected chi connectivity index (χ0v) is 11.8. The largest absolute Gasteiger partial charge is 0.476 e. The summed E-state index contributed by atoms with van der Waals surface area (Å²) >= 11 is 5.77. The van der Waals surface area contributed by atoms with Gasteiger partial charge in [0, 0.05) is 11.5 Å². The minimum absolute atomic E-state index is 0.0252. The third-order valence-electron chi connectivity index (χ3n) is 3.39. The predicted molar refractivity (Wildman–Crippen MR) is 72.9 cm³/mol. The quantitative estimate of drug-likeness (QED) is 0.689. The number of halogens is 1. The summed E-state index contributed by atoms with van der Waals surface area (Å²) < 4.78 is 5.09. The molecule has 0 atom stereocenters. The first-order valence-electron chi connectivity index (χ1n) is 6.39. The molecule has 7 heteroatoms. The van der Waals surface area contributed by atoms with Crippen molar-refractivity contribution >= 4 is 23.4 Å². The van der Waals surface area contributed by atoms with Crippen molar-refractivity contribution in [2.75, 3.05) is 0 Å². The number of aromatic carboxylic acids is 1. The van der Waals surface area contributed by atoms with Crippen LogP contribution in [0.25, 0.3) is 0 Å². The number of carboxylic acids is 1. The van der Waals surface area contributed by atoms with Crippen LogP contribution in [0.1, 0.15) is 56.6 Å². The normalized spacial score (nSPS) is 14.2. The van der Waals surface area contributed by atoms with E-state index < -0.39 is 11.8 Å². The van der Waals surface area contributed by atoms with Gasteiger partial charge in [-0.2, -0.15) is 0 Å². The van der Waals surface area contributed by atoms with Gasteiger partial charge in [0.2, 0.25) is 11.5 Å². The number of hydrogen-bond acceptors (Lipinski definition) is 5. The van der Waals surface area contributed by atoms with Gasteiger partial charge in [-0.15, -0.1) is 0 Å². The second-order valence-corrected chi connectivity index (χ2v) is 5.33. The molecule has 0 aromatic carbocycles. The highest BCUT2D eigenvalue weighted by atomic mass is 35.5. The number of nitrogens with zero attached hydrogens (tertiary/aromatic N) is 2. The Bertz CT molecular complexity index is 749. The average Bonchev–Trinajstić information content (AvgIpc) is 3.16. The molecule has 108 valence electrons. The van der Waals surface area contributed by atoms with Gasteiger partial charge >= 0.3 is 5.97 Å². The van der Waals surface area contributed by atoms with E-state index in [2.05, 4.69) is 10.1 Å². The van der Waals surface area contributed by atoms with Crippen molar-refractivity contribution in [3.63, 3.8) is 0 Å². The van der Waals surface area contributed by atoms with Gasteiger partial charge in [-0.3, -0.25) is 4.79 Å². The first kappa shape index (κ1) is 13.8. The fraction of sp³-hybridized carbons (Fsp3) is 0.286. The highest BCUT2D eigenvalue weighted by molar-refractivity contribution is 6.29. The first-order valence-corrected chi connectivity index (χ1v) is 6.77. The molecular formula is C14H11ClN2O4. The molecular weight excluding hydrogens is 296 g/mol. The summed E-state index contributed by atoms with van der Waals surface area (Å²) in [4.78, 5) is 27.9. The number of carboxylic acid groups (broad SMARTS) is 1. The molecule has 1 aliphatic rings. The van der Waals surface area contributed by atoms with Crippen LogP contribution in [0.4, 0.5) is 0 Å². The van der Waals surface area contributed by atoms with Crippen LogP contribution in [0.5, 0.6) is 0 Å². The number of carbonyl (C=O) groups excluding carboxylic acids is 1. The van der Waals surface area contributed by atoms with E-state index >= 15 is 0 Å². The highest BCUT2D eigenvalue weighted by Crippen LogP contribution is 2.43. The lowest BCUT2D eigenvalue weighted by atomic mass is 9.99. The Hall–Kier alpha value is -2.21. The SMILES string of the molecule is Cc1nc(Cl)ccc1C(=O)c1c(C(=O)O)noc1C1CC1. The number of aryl methyl sites for hydroxylation is 1. The maximum atomic E-state index is 12.7. The maximum Gasteiger partial charge on any atom is 0.358 e. The summed E-state index contributed by atoms with van der Waals surface area (Å²) in [7, 11) is 0. The van der Waals surface area contributed by atoms with Gasteiger partial charge in [-0.25, -0.2) is 9.78 Å². The summed E-state index contributed by atoms with van der Waals surface area (Å²) in [6.07, 6.45) is 1.73. The molecule has 1 fully saturated rings. The predicted octanol–water partition coefficient (Wildman–Crippen LogP) is 2.84. The summed E-state index contributed by atoms with van der Waals surface area (Å²) in [5, 5.41) is 13.0. The molecule has 2 aromatic rings. The number of rotatable bonds is 4. The third-order valence-corrected chi connectivity index (χ3v) is 3.60. The zero-order chi connectivity index (χ0) is 15.1. The second-order valence-electron chi connectivity index (χ2n) is 4.95. The van der Waals surface area contributed by atoms with Gasteiger partial charge in [-0.1, -0.05) is 16.8 Å². The molecule has 1 N–H and O–H groups in total. The van der Waals surface area contributed by atoms with E-state index in [1.165, 1.54) is 12.1 Å². The first-order chi connectivity index (χ1) is 9.99. The van der Waals surface area contributed by atoms with Gasteiger partial charge in [-0.05, 0) is 31.9 Å². The second kappa shape index (κ2) is 4.96. The number of ketones is 1. The lowest BCUT2D eigenvalue weighted by Gasteiger charge is -2.05. The van der Waals surface area contributed by atoms with Crippen LogP contribution in [0.2, 0.25) is 5.15 Å². The number of aromatic nitrogens is 2. The van der Waals surface area contributed by atoms with Crippen LogP contribution in [0.3, 0.4) is 0 Å². The fourth-order valence-corrected chi connectivity index (χ4v) is 2.39. The smallest absolute Gasteiger partial charge is 0.358 e. The molecule has 2 aromatic heterocycles. The Morgan fingerprint density at radius 2 is 2.10 bits per heavy atom. The van der Waals surface area contributed by atoms with Crippen molar-refractivity contribution in [2.24, 2.45) is 0 Å². The van der Waals surface area contributed by atoms with E-state index in [0.717, 1.165) is 12.8 Å². The van der Waals surface area contributed by atoms with Crippen molar-refractivity contribution in [3.8, 4) is 0 Å². The van der Waals surface area contributed by atoms with Crippen molar-refractivity contribution < 1.29 is 19.2 Å². The number of carbonyl (C=O) groups is 2. The topological polar surface area (TPSA) is 93.3 Å². The van der Waals surface area contributed by atoms with Gasteiger partial charge in [0.25, 0.3) is 0 Å². The Morgan fingerprint density at radius 3 is 2.67 bits per heavy atom. The maximum absolute atomic E-state index is 12.7. The zero-order valence-electron chi connectivity index (χ0n) is 11.1. The minimum atomic E-state index is -1.28. The molecule has 1 aliphatic carbocycles. The Kier molecular flexibility index (Phi) is 3.25. The molecule has 0 amide bonds. The van der Waals surface area contributed by atoms with Gasteiger partial charge in [0.1, 0.15) is 10.7 Å². The lowest BCUT2D eigenvalue weighted by Crippen LogP contribution is -2.12. The summed E-state index contributed by atoms with van der Waals surface area (Å²) in [5.41, 5.74) is 0.409. The van der Waals surface area contributed by atoms with Crippen LogP contribution in [-0.4, -0.2) is 27.0 Å². The standard InChI is InChI=1S/C14H11ClN2O4/c1-6-8(4-5-9(15)16-6)12(18)10-11(14(19)20)17-21-13(10)7-2-3-7/h4-5,7H,2-3H2,1H3,(H,19,20). The fourth-order valence-electron chi connectivity index (χ4n) is 2.20. The molecule has 21 heavy (non-hydrogen) atoms. The van der Waals surface area contributed by atoms with E-state index in [4.69, 9.17) is 16.1 Å². The van der Waals surface area contributed by atoms with Gasteiger partial charge < -0.3 is 9.63 Å². The summed E-state index contributed by atoms with van der Waals surface area (Å²) in [6.45, 7) is 1.64.